The minimum Gasteiger partial charge on any atom is -0.477 e. The summed E-state index contributed by atoms with van der Waals surface area (Å²) in [5, 5.41) is 7.31. The SMILES string of the molecule is O=C(O)C(F)(F)C(F)(F)F.[MgH2]. The average molecular weight is 190 g/mol. The lowest BCUT2D eigenvalue weighted by Crippen LogP contribution is -2.43. The topological polar surface area (TPSA) is 37.3 Å². The second-order valence-electron chi connectivity index (χ2n) is 1.38. The maximum absolute atomic E-state index is 11.3. The first-order valence-corrected chi connectivity index (χ1v) is 1.87. The highest BCUT2D eigenvalue weighted by Gasteiger charge is 2.64. The maximum atomic E-state index is 11.3. The van der Waals surface area contributed by atoms with E-state index < -0.39 is 18.1 Å². The van der Waals surface area contributed by atoms with Crippen molar-refractivity contribution in [2.24, 2.45) is 0 Å². The summed E-state index contributed by atoms with van der Waals surface area (Å²) in [6.07, 6.45) is -6.02. The predicted molar refractivity (Wildman–Crippen MR) is 27.2 cm³/mol. The van der Waals surface area contributed by atoms with E-state index in [0.29, 0.717) is 0 Å². The van der Waals surface area contributed by atoms with Crippen molar-refractivity contribution in [3.05, 3.63) is 0 Å². The highest BCUT2D eigenvalue weighted by atomic mass is 24.3. The molecule has 0 aliphatic carbocycles. The molecular formula is C3H3F5MgO2. The minimum absolute atomic E-state index is 0. The summed E-state index contributed by atoms with van der Waals surface area (Å²) in [5.74, 6) is -8.84. The molecule has 0 spiro atoms. The zero-order valence-electron chi connectivity index (χ0n) is 4.25. The van der Waals surface area contributed by atoms with E-state index >= 15 is 0 Å². The molecule has 0 radical (unpaired) electrons. The van der Waals surface area contributed by atoms with Crippen molar-refractivity contribution >= 4 is 29.0 Å². The van der Waals surface area contributed by atoms with Crippen LogP contribution in [-0.4, -0.2) is 46.2 Å². The van der Waals surface area contributed by atoms with Gasteiger partial charge in [0.1, 0.15) is 0 Å². The van der Waals surface area contributed by atoms with Crippen LogP contribution in [0.2, 0.25) is 0 Å². The smallest absolute Gasteiger partial charge is 0.465 e. The van der Waals surface area contributed by atoms with E-state index in [1.165, 1.54) is 0 Å². The fourth-order valence-electron chi connectivity index (χ4n) is 0.121. The third-order valence-corrected chi connectivity index (χ3v) is 0.625. The van der Waals surface area contributed by atoms with E-state index in [9.17, 15) is 26.7 Å². The van der Waals surface area contributed by atoms with Crippen LogP contribution in [0.4, 0.5) is 22.0 Å². The molecule has 0 bridgehead atoms. The van der Waals surface area contributed by atoms with Crippen LogP contribution in [-0.2, 0) is 4.79 Å². The number of carboxylic acid groups (broad SMARTS) is 1. The van der Waals surface area contributed by atoms with Crippen molar-refractivity contribution in [1.29, 1.82) is 0 Å². The van der Waals surface area contributed by atoms with Crippen LogP contribution in [0.1, 0.15) is 0 Å². The summed E-state index contributed by atoms with van der Waals surface area (Å²) in [6.45, 7) is 0. The molecule has 0 aliphatic heterocycles. The molecule has 0 fully saturated rings. The molecule has 8 heteroatoms. The van der Waals surface area contributed by atoms with E-state index in [1.54, 1.807) is 0 Å². The van der Waals surface area contributed by atoms with Crippen molar-refractivity contribution in [2.75, 3.05) is 0 Å². The first kappa shape index (κ1) is 13.5. The van der Waals surface area contributed by atoms with E-state index in [1.807, 2.05) is 0 Å². The second kappa shape index (κ2) is 3.52. The van der Waals surface area contributed by atoms with Gasteiger partial charge in [0.2, 0.25) is 0 Å². The van der Waals surface area contributed by atoms with Gasteiger partial charge in [0, 0.05) is 0 Å². The number of carboxylic acids is 1. The fraction of sp³-hybridized carbons (Fsp3) is 0.667. The number of hydrogen-bond acceptors (Lipinski definition) is 1. The van der Waals surface area contributed by atoms with Crippen LogP contribution in [0.25, 0.3) is 0 Å². The van der Waals surface area contributed by atoms with Crippen LogP contribution in [0, 0.1) is 0 Å². The Morgan fingerprint density at radius 1 is 1.09 bits per heavy atom. The van der Waals surface area contributed by atoms with Gasteiger partial charge in [-0.25, -0.2) is 4.79 Å². The lowest BCUT2D eigenvalue weighted by Gasteiger charge is -2.13. The molecular weight excluding hydrogens is 187 g/mol. The van der Waals surface area contributed by atoms with Crippen LogP contribution in [0.15, 0.2) is 0 Å². The average Bonchev–Trinajstić information content (AvgIpc) is 1.62. The lowest BCUT2D eigenvalue weighted by molar-refractivity contribution is -0.277. The van der Waals surface area contributed by atoms with Gasteiger partial charge in [-0.1, -0.05) is 0 Å². The van der Waals surface area contributed by atoms with Gasteiger partial charge in [-0.05, 0) is 0 Å². The van der Waals surface area contributed by atoms with Crippen molar-refractivity contribution in [1.82, 2.24) is 0 Å². The Balaban J connectivity index is 0. The Bertz CT molecular complexity index is 152. The van der Waals surface area contributed by atoms with Gasteiger partial charge in [-0.15, -0.1) is 0 Å². The number of aliphatic carboxylic acids is 1. The van der Waals surface area contributed by atoms with Gasteiger partial charge in [-0.2, -0.15) is 22.0 Å². The molecule has 0 aromatic rings. The summed E-state index contributed by atoms with van der Waals surface area (Å²) in [4.78, 5) is 9.20. The fourth-order valence-corrected chi connectivity index (χ4v) is 0.121. The minimum atomic E-state index is -6.02. The van der Waals surface area contributed by atoms with E-state index in [2.05, 4.69) is 0 Å². The quantitative estimate of drug-likeness (QED) is 0.479. The van der Waals surface area contributed by atoms with Gasteiger partial charge < -0.3 is 5.11 Å². The molecule has 11 heavy (non-hydrogen) atoms. The third kappa shape index (κ3) is 2.77. The largest absolute Gasteiger partial charge is 0.477 e. The van der Waals surface area contributed by atoms with Crippen molar-refractivity contribution < 1.29 is 31.9 Å². The summed E-state index contributed by atoms with van der Waals surface area (Å²) < 4.78 is 55.5. The summed E-state index contributed by atoms with van der Waals surface area (Å²) >= 11 is 0. The first-order chi connectivity index (χ1) is 4.19. The normalized spacial score (nSPS) is 12.1. The monoisotopic (exact) mass is 190 g/mol. The predicted octanol–water partition coefficient (Wildman–Crippen LogP) is 0.352. The number of rotatable bonds is 1. The zero-order chi connectivity index (χ0) is 8.58. The van der Waals surface area contributed by atoms with Crippen LogP contribution in [0.3, 0.4) is 0 Å². The number of carbonyl (C=O) groups is 1. The lowest BCUT2D eigenvalue weighted by atomic mass is 10.3. The van der Waals surface area contributed by atoms with Gasteiger partial charge in [0.05, 0.1) is 0 Å². The zero-order valence-corrected chi connectivity index (χ0v) is 4.25. The molecule has 0 rings (SSSR count). The van der Waals surface area contributed by atoms with Gasteiger partial charge in [0.25, 0.3) is 0 Å². The standard InChI is InChI=1S/C3HF5O2.Mg.2H/c4-2(5,1(9)10)3(6,7)8;;;/h(H,9,10);;;. The molecule has 0 amide bonds. The van der Waals surface area contributed by atoms with Gasteiger partial charge in [-0.3, -0.25) is 0 Å². The Morgan fingerprint density at radius 3 is 1.36 bits per heavy atom. The summed E-state index contributed by atoms with van der Waals surface area (Å²) in [7, 11) is 0. The highest BCUT2D eigenvalue weighted by molar-refractivity contribution is 5.76. The van der Waals surface area contributed by atoms with E-state index in [-0.39, 0.29) is 23.1 Å². The second-order valence-corrected chi connectivity index (χ2v) is 1.38. The van der Waals surface area contributed by atoms with E-state index in [4.69, 9.17) is 5.11 Å². The van der Waals surface area contributed by atoms with Crippen molar-refractivity contribution in [2.45, 2.75) is 12.1 Å². The van der Waals surface area contributed by atoms with E-state index in [0.717, 1.165) is 0 Å². The Kier molecular flexibility index (Phi) is 4.32. The third-order valence-electron chi connectivity index (χ3n) is 0.625. The molecule has 0 heterocycles. The maximum Gasteiger partial charge on any atom is 0.465 e. The molecule has 0 aliphatic rings. The Labute approximate surface area is 73.5 Å². The van der Waals surface area contributed by atoms with Crippen LogP contribution in [0.5, 0.6) is 0 Å². The Hall–Kier alpha value is -0.114. The molecule has 0 saturated heterocycles. The van der Waals surface area contributed by atoms with Crippen molar-refractivity contribution in [3.63, 3.8) is 0 Å². The Morgan fingerprint density at radius 2 is 1.36 bits per heavy atom. The van der Waals surface area contributed by atoms with Gasteiger partial charge >= 0.3 is 41.1 Å². The summed E-state index contributed by atoms with van der Waals surface area (Å²) in [6, 6.07) is 0. The van der Waals surface area contributed by atoms with Crippen LogP contribution < -0.4 is 0 Å². The molecule has 0 aromatic heterocycles. The molecule has 0 aromatic carbocycles. The number of halogens is 5. The van der Waals surface area contributed by atoms with Crippen LogP contribution >= 0.6 is 0 Å². The number of alkyl halides is 5. The molecule has 0 atom stereocenters. The number of hydrogen-bond donors (Lipinski definition) is 1. The molecule has 1 N–H and O–H groups in total. The molecule has 0 saturated carbocycles. The molecule has 2 nitrogen and oxygen atoms in total. The van der Waals surface area contributed by atoms with Crippen molar-refractivity contribution in [3.8, 4) is 0 Å². The first-order valence-electron chi connectivity index (χ1n) is 1.87. The molecule has 0 unspecified atom stereocenters. The molecule has 64 valence electrons. The highest BCUT2D eigenvalue weighted by Crippen LogP contribution is 2.35. The van der Waals surface area contributed by atoms with Gasteiger partial charge in [0.15, 0.2) is 0 Å². The summed E-state index contributed by atoms with van der Waals surface area (Å²) in [5.41, 5.74) is 0.